The smallest absolute Gasteiger partial charge is 0.225 e. The van der Waals surface area contributed by atoms with Crippen LogP contribution in [0.3, 0.4) is 0 Å². The number of carbonyl (C=O) groups is 1. The lowest BCUT2D eigenvalue weighted by Gasteiger charge is -2.06. The molecule has 3 aromatic rings. The van der Waals surface area contributed by atoms with Crippen molar-refractivity contribution in [3.8, 4) is 5.69 Å². The minimum atomic E-state index is -0.0778. The average molecular weight is 324 g/mol. The first-order chi connectivity index (χ1) is 11.5. The van der Waals surface area contributed by atoms with Crippen LogP contribution >= 0.6 is 0 Å². The summed E-state index contributed by atoms with van der Waals surface area (Å²) in [5.74, 6) is 1.05. The van der Waals surface area contributed by atoms with Gasteiger partial charge in [-0.05, 0) is 51.0 Å². The lowest BCUT2D eigenvalue weighted by Crippen LogP contribution is -2.12. The van der Waals surface area contributed by atoms with Crippen molar-refractivity contribution in [2.24, 2.45) is 0 Å². The van der Waals surface area contributed by atoms with Crippen LogP contribution < -0.4 is 5.32 Å². The number of amides is 1. The van der Waals surface area contributed by atoms with Gasteiger partial charge in [0.25, 0.3) is 0 Å². The van der Waals surface area contributed by atoms with Crippen molar-refractivity contribution in [2.45, 2.75) is 33.6 Å². The van der Waals surface area contributed by atoms with Gasteiger partial charge in [-0.1, -0.05) is 17.3 Å². The third-order valence-electron chi connectivity index (χ3n) is 3.73. The number of hydrogen-bond acceptors (Lipinski definition) is 4. The molecule has 1 aromatic carbocycles. The number of aromatic nitrogens is 3. The van der Waals surface area contributed by atoms with E-state index in [0.29, 0.717) is 24.4 Å². The SMILES string of the molecule is Cc1cc(C)n(-c2ccc(CCC(=O)Nc3cc(C)on3)cc2)n1. The number of rotatable bonds is 5. The molecule has 2 aromatic heterocycles. The molecular formula is C18H20N4O2. The van der Waals surface area contributed by atoms with Crippen molar-refractivity contribution in [1.82, 2.24) is 14.9 Å². The van der Waals surface area contributed by atoms with Gasteiger partial charge in [0.15, 0.2) is 5.82 Å². The van der Waals surface area contributed by atoms with E-state index in [1.807, 2.05) is 48.9 Å². The van der Waals surface area contributed by atoms with Gasteiger partial charge in [0.2, 0.25) is 5.91 Å². The maximum Gasteiger partial charge on any atom is 0.225 e. The second-order valence-corrected chi connectivity index (χ2v) is 5.88. The summed E-state index contributed by atoms with van der Waals surface area (Å²) in [6, 6.07) is 11.8. The van der Waals surface area contributed by atoms with E-state index in [1.54, 1.807) is 13.0 Å². The summed E-state index contributed by atoms with van der Waals surface area (Å²) in [5.41, 5.74) is 4.22. The molecule has 0 spiro atoms. The fourth-order valence-electron chi connectivity index (χ4n) is 2.58. The molecule has 1 N–H and O–H groups in total. The predicted octanol–water partition coefficient (Wildman–Crippen LogP) is 3.36. The van der Waals surface area contributed by atoms with Crippen molar-refractivity contribution < 1.29 is 9.32 Å². The molecule has 24 heavy (non-hydrogen) atoms. The highest BCUT2D eigenvalue weighted by atomic mass is 16.5. The van der Waals surface area contributed by atoms with E-state index < -0.39 is 0 Å². The standard InChI is InChI=1S/C18H20N4O2/c1-12-10-13(2)22(20-12)16-7-4-15(5-8-16)6-9-18(23)19-17-11-14(3)24-21-17/h4-5,7-8,10-11H,6,9H2,1-3H3,(H,19,21,23). The zero-order valence-corrected chi connectivity index (χ0v) is 14.0. The van der Waals surface area contributed by atoms with Gasteiger partial charge in [-0.15, -0.1) is 0 Å². The summed E-state index contributed by atoms with van der Waals surface area (Å²) >= 11 is 0. The maximum absolute atomic E-state index is 11.9. The second kappa shape index (κ2) is 6.70. The van der Waals surface area contributed by atoms with Gasteiger partial charge in [-0.3, -0.25) is 4.79 Å². The predicted molar refractivity (Wildman–Crippen MR) is 91.2 cm³/mol. The fourth-order valence-corrected chi connectivity index (χ4v) is 2.58. The minimum Gasteiger partial charge on any atom is -0.360 e. The van der Waals surface area contributed by atoms with E-state index in [0.717, 1.165) is 22.6 Å². The third kappa shape index (κ3) is 3.71. The maximum atomic E-state index is 11.9. The molecule has 1 amide bonds. The molecule has 3 rings (SSSR count). The molecule has 0 saturated heterocycles. The van der Waals surface area contributed by atoms with Gasteiger partial charge in [-0.25, -0.2) is 4.68 Å². The second-order valence-electron chi connectivity index (χ2n) is 5.88. The lowest BCUT2D eigenvalue weighted by atomic mass is 10.1. The number of nitrogens with zero attached hydrogens (tertiary/aromatic N) is 3. The zero-order chi connectivity index (χ0) is 17.1. The van der Waals surface area contributed by atoms with Crippen LogP contribution in [0.5, 0.6) is 0 Å². The van der Waals surface area contributed by atoms with E-state index in [2.05, 4.69) is 15.6 Å². The van der Waals surface area contributed by atoms with Crippen molar-refractivity contribution in [1.29, 1.82) is 0 Å². The number of aryl methyl sites for hydroxylation is 4. The average Bonchev–Trinajstić information content (AvgIpc) is 3.10. The molecule has 0 radical (unpaired) electrons. The van der Waals surface area contributed by atoms with Crippen molar-refractivity contribution >= 4 is 11.7 Å². The van der Waals surface area contributed by atoms with E-state index in [9.17, 15) is 4.79 Å². The number of anilines is 1. The number of carbonyl (C=O) groups excluding carboxylic acids is 1. The summed E-state index contributed by atoms with van der Waals surface area (Å²) < 4.78 is 6.84. The highest BCUT2D eigenvalue weighted by Crippen LogP contribution is 2.14. The molecule has 0 bridgehead atoms. The summed E-state index contributed by atoms with van der Waals surface area (Å²) in [7, 11) is 0. The van der Waals surface area contributed by atoms with Crippen LogP contribution in [-0.2, 0) is 11.2 Å². The minimum absolute atomic E-state index is 0.0778. The van der Waals surface area contributed by atoms with Crippen molar-refractivity contribution in [3.05, 3.63) is 59.1 Å². The van der Waals surface area contributed by atoms with Crippen LogP contribution in [0.4, 0.5) is 5.82 Å². The van der Waals surface area contributed by atoms with Gasteiger partial charge in [0.1, 0.15) is 5.76 Å². The molecule has 0 saturated carbocycles. The quantitative estimate of drug-likeness (QED) is 0.781. The first-order valence-corrected chi connectivity index (χ1v) is 7.87. The number of benzene rings is 1. The molecule has 2 heterocycles. The van der Waals surface area contributed by atoms with Crippen LogP contribution in [0.2, 0.25) is 0 Å². The lowest BCUT2D eigenvalue weighted by molar-refractivity contribution is -0.116. The highest BCUT2D eigenvalue weighted by molar-refractivity contribution is 5.89. The summed E-state index contributed by atoms with van der Waals surface area (Å²) in [6.07, 6.45) is 1.06. The summed E-state index contributed by atoms with van der Waals surface area (Å²) in [6.45, 7) is 5.80. The Morgan fingerprint density at radius 1 is 1.17 bits per heavy atom. The molecule has 6 heteroatoms. The molecule has 0 aliphatic heterocycles. The van der Waals surface area contributed by atoms with Crippen LogP contribution in [0, 0.1) is 20.8 Å². The van der Waals surface area contributed by atoms with Crippen LogP contribution in [0.25, 0.3) is 5.69 Å². The Labute approximate surface area is 140 Å². The molecule has 0 unspecified atom stereocenters. The highest BCUT2D eigenvalue weighted by Gasteiger charge is 2.07. The van der Waals surface area contributed by atoms with E-state index in [-0.39, 0.29) is 5.91 Å². The van der Waals surface area contributed by atoms with E-state index >= 15 is 0 Å². The van der Waals surface area contributed by atoms with E-state index in [1.165, 1.54) is 0 Å². The van der Waals surface area contributed by atoms with Gasteiger partial charge in [-0.2, -0.15) is 5.10 Å². The normalized spacial score (nSPS) is 10.8. The molecule has 6 nitrogen and oxygen atoms in total. The third-order valence-corrected chi connectivity index (χ3v) is 3.73. The Morgan fingerprint density at radius 3 is 2.50 bits per heavy atom. The Bertz CT molecular complexity index is 846. The van der Waals surface area contributed by atoms with Gasteiger partial charge >= 0.3 is 0 Å². The summed E-state index contributed by atoms with van der Waals surface area (Å²) in [4.78, 5) is 11.9. The Morgan fingerprint density at radius 2 is 1.92 bits per heavy atom. The van der Waals surface area contributed by atoms with Crippen LogP contribution in [0.15, 0.2) is 40.9 Å². The zero-order valence-electron chi connectivity index (χ0n) is 14.0. The first-order valence-electron chi connectivity index (χ1n) is 7.87. The Balaban J connectivity index is 1.58. The number of hydrogen-bond donors (Lipinski definition) is 1. The van der Waals surface area contributed by atoms with Gasteiger partial charge < -0.3 is 9.84 Å². The Kier molecular flexibility index (Phi) is 4.46. The van der Waals surface area contributed by atoms with Crippen molar-refractivity contribution in [2.75, 3.05) is 5.32 Å². The van der Waals surface area contributed by atoms with Gasteiger partial charge in [0.05, 0.1) is 11.4 Å². The summed E-state index contributed by atoms with van der Waals surface area (Å²) in [5, 5.41) is 10.9. The molecule has 0 atom stereocenters. The molecule has 0 aliphatic rings. The molecule has 0 aliphatic carbocycles. The van der Waals surface area contributed by atoms with Crippen LogP contribution in [0.1, 0.15) is 29.1 Å². The fraction of sp³-hybridized carbons (Fsp3) is 0.278. The molecular weight excluding hydrogens is 304 g/mol. The number of nitrogens with one attached hydrogen (secondary N) is 1. The topological polar surface area (TPSA) is 73.0 Å². The largest absolute Gasteiger partial charge is 0.360 e. The van der Waals surface area contributed by atoms with Gasteiger partial charge in [0, 0.05) is 18.2 Å². The first kappa shape index (κ1) is 16.0. The molecule has 0 fully saturated rings. The Hall–Kier alpha value is -2.89. The van der Waals surface area contributed by atoms with Crippen molar-refractivity contribution in [3.63, 3.8) is 0 Å². The van der Waals surface area contributed by atoms with Crippen LogP contribution in [-0.4, -0.2) is 20.8 Å². The molecule has 124 valence electrons. The van der Waals surface area contributed by atoms with E-state index in [4.69, 9.17) is 4.52 Å². The monoisotopic (exact) mass is 324 g/mol.